The molecule has 0 spiro atoms. The van der Waals surface area contributed by atoms with Crippen molar-refractivity contribution in [1.29, 1.82) is 0 Å². The third-order valence-corrected chi connectivity index (χ3v) is 7.08. The Labute approximate surface area is 211 Å². The summed E-state index contributed by atoms with van der Waals surface area (Å²) in [4.78, 5) is 56.2. The zero-order valence-electron chi connectivity index (χ0n) is 18.8. The van der Waals surface area contributed by atoms with Crippen LogP contribution < -0.4 is 10.3 Å². The lowest BCUT2D eigenvalue weighted by Crippen LogP contribution is -2.29. The monoisotopic (exact) mass is 525 g/mol. The first kappa shape index (κ1) is 23.6. The van der Waals surface area contributed by atoms with Gasteiger partial charge in [-0.1, -0.05) is 22.9 Å². The largest absolute Gasteiger partial charge is 0.462 e. The highest BCUT2D eigenvalue weighted by Gasteiger charge is 2.45. The highest BCUT2D eigenvalue weighted by atomic mass is 35.5. The Morgan fingerprint density at radius 1 is 1.25 bits per heavy atom. The van der Waals surface area contributed by atoms with Crippen molar-refractivity contribution < 1.29 is 23.7 Å². The maximum absolute atomic E-state index is 13.6. The van der Waals surface area contributed by atoms with Crippen LogP contribution in [0.3, 0.4) is 0 Å². The molecule has 1 atom stereocenters. The van der Waals surface area contributed by atoms with E-state index in [2.05, 4.69) is 4.98 Å². The molecule has 12 heteroatoms. The van der Waals surface area contributed by atoms with Crippen LogP contribution in [0.25, 0.3) is 11.0 Å². The zero-order valence-corrected chi connectivity index (χ0v) is 20.4. The fraction of sp³-hybridized carbons (Fsp3) is 0.167. The van der Waals surface area contributed by atoms with Crippen LogP contribution in [0.1, 0.15) is 50.0 Å². The molecule has 0 saturated heterocycles. The Bertz CT molecular complexity index is 1630. The molecule has 0 radical (unpaired) electrons. The minimum atomic E-state index is -1.01. The van der Waals surface area contributed by atoms with Gasteiger partial charge < -0.3 is 9.15 Å². The molecule has 1 amide bonds. The van der Waals surface area contributed by atoms with Gasteiger partial charge in [-0.2, -0.15) is 0 Å². The van der Waals surface area contributed by atoms with E-state index in [0.29, 0.717) is 16.3 Å². The molecule has 182 valence electrons. The molecule has 1 unspecified atom stereocenters. The molecule has 0 fully saturated rings. The molecule has 1 aliphatic heterocycles. The molecule has 0 saturated carbocycles. The lowest BCUT2D eigenvalue weighted by atomic mass is 9.98. The summed E-state index contributed by atoms with van der Waals surface area (Å²) in [6.07, 6.45) is 0. The number of thiazole rings is 1. The molecule has 0 N–H and O–H groups in total. The van der Waals surface area contributed by atoms with Gasteiger partial charge in [0.2, 0.25) is 5.76 Å². The van der Waals surface area contributed by atoms with Gasteiger partial charge in [-0.05, 0) is 49.7 Å². The van der Waals surface area contributed by atoms with Gasteiger partial charge in [0.15, 0.2) is 10.6 Å². The number of anilines is 1. The van der Waals surface area contributed by atoms with Gasteiger partial charge in [0.25, 0.3) is 11.6 Å². The molecule has 3 heterocycles. The number of non-ortho nitro benzene ring substituents is 1. The van der Waals surface area contributed by atoms with E-state index in [1.54, 1.807) is 19.9 Å². The van der Waals surface area contributed by atoms with E-state index in [1.165, 1.54) is 41.3 Å². The van der Waals surface area contributed by atoms with Crippen molar-refractivity contribution in [3.63, 3.8) is 0 Å². The van der Waals surface area contributed by atoms with Gasteiger partial charge >= 0.3 is 5.97 Å². The SMILES string of the molecule is CCOC(=O)c1sc(N2C(=O)c3oc4ccc(Cl)cc4c(=O)c3C2c2ccc([N+](=O)[O-])cc2)nc1C. The number of carbonyl (C=O) groups is 2. The van der Waals surface area contributed by atoms with Crippen LogP contribution in [0.2, 0.25) is 5.02 Å². The molecular formula is C24H16ClN3O7S. The first-order valence-corrected chi connectivity index (χ1v) is 11.9. The summed E-state index contributed by atoms with van der Waals surface area (Å²) in [6, 6.07) is 8.99. The van der Waals surface area contributed by atoms with Gasteiger partial charge in [0.05, 0.1) is 34.2 Å². The first-order chi connectivity index (χ1) is 17.2. The Hall–Kier alpha value is -4.09. The van der Waals surface area contributed by atoms with E-state index in [4.69, 9.17) is 20.8 Å². The number of aryl methyl sites for hydroxylation is 1. The van der Waals surface area contributed by atoms with Crippen LogP contribution in [-0.4, -0.2) is 28.4 Å². The van der Waals surface area contributed by atoms with Crippen molar-refractivity contribution in [3.8, 4) is 0 Å². The standard InChI is InChI=1S/C24H16ClN3O7S/c1-3-34-23(31)21-11(2)26-24(36-21)27-18(12-4-7-14(8-5-12)28(32)33)17-19(29)15-10-13(25)6-9-16(15)35-20(17)22(27)30/h4-10,18H,3H2,1-2H3. The van der Waals surface area contributed by atoms with E-state index >= 15 is 0 Å². The summed E-state index contributed by atoms with van der Waals surface area (Å²) in [5.41, 5.74) is 0.397. The van der Waals surface area contributed by atoms with E-state index in [0.717, 1.165) is 11.3 Å². The number of benzene rings is 2. The second-order valence-electron chi connectivity index (χ2n) is 7.87. The van der Waals surface area contributed by atoms with Crippen LogP contribution >= 0.6 is 22.9 Å². The number of esters is 1. The van der Waals surface area contributed by atoms with Crippen molar-refractivity contribution in [2.24, 2.45) is 0 Å². The fourth-order valence-corrected chi connectivity index (χ4v) is 5.27. The maximum atomic E-state index is 13.6. The number of carbonyl (C=O) groups excluding carboxylic acids is 2. The normalized spacial score (nSPS) is 14.8. The van der Waals surface area contributed by atoms with E-state index in [-0.39, 0.29) is 44.6 Å². The quantitative estimate of drug-likeness (QED) is 0.201. The van der Waals surface area contributed by atoms with Crippen LogP contribution in [0.5, 0.6) is 0 Å². The molecule has 2 aromatic heterocycles. The molecule has 4 aromatic rings. The third kappa shape index (κ3) is 3.73. The van der Waals surface area contributed by atoms with Gasteiger partial charge in [0, 0.05) is 17.2 Å². The Morgan fingerprint density at radius 3 is 2.64 bits per heavy atom. The van der Waals surface area contributed by atoms with Crippen molar-refractivity contribution in [1.82, 2.24) is 4.98 Å². The Balaban J connectivity index is 1.74. The molecule has 0 bridgehead atoms. The number of hydrogen-bond acceptors (Lipinski definition) is 9. The van der Waals surface area contributed by atoms with Crippen LogP contribution in [0.4, 0.5) is 10.8 Å². The number of ether oxygens (including phenoxy) is 1. The number of aromatic nitrogens is 1. The number of rotatable bonds is 5. The average molecular weight is 526 g/mol. The minimum Gasteiger partial charge on any atom is -0.462 e. The third-order valence-electron chi connectivity index (χ3n) is 5.70. The van der Waals surface area contributed by atoms with Crippen LogP contribution in [0.15, 0.2) is 51.7 Å². The summed E-state index contributed by atoms with van der Waals surface area (Å²) < 4.78 is 11.0. The summed E-state index contributed by atoms with van der Waals surface area (Å²) in [7, 11) is 0. The first-order valence-electron chi connectivity index (χ1n) is 10.7. The van der Waals surface area contributed by atoms with E-state index in [9.17, 15) is 24.5 Å². The number of amides is 1. The predicted octanol–water partition coefficient (Wildman–Crippen LogP) is 5.05. The predicted molar refractivity (Wildman–Crippen MR) is 132 cm³/mol. The molecule has 36 heavy (non-hydrogen) atoms. The van der Waals surface area contributed by atoms with Crippen LogP contribution in [0, 0.1) is 17.0 Å². The number of hydrogen-bond donors (Lipinski definition) is 0. The van der Waals surface area contributed by atoms with Crippen LogP contribution in [-0.2, 0) is 4.74 Å². The smallest absolute Gasteiger partial charge is 0.350 e. The van der Waals surface area contributed by atoms with Crippen molar-refractivity contribution >= 4 is 56.6 Å². The lowest BCUT2D eigenvalue weighted by Gasteiger charge is -2.22. The molecular weight excluding hydrogens is 510 g/mol. The Morgan fingerprint density at radius 2 is 1.97 bits per heavy atom. The zero-order chi connectivity index (χ0) is 25.7. The second kappa shape index (κ2) is 8.85. The lowest BCUT2D eigenvalue weighted by molar-refractivity contribution is -0.384. The summed E-state index contributed by atoms with van der Waals surface area (Å²) in [5, 5.41) is 11.8. The maximum Gasteiger partial charge on any atom is 0.350 e. The molecule has 5 rings (SSSR count). The van der Waals surface area contributed by atoms with Crippen molar-refractivity contribution in [2.75, 3.05) is 11.5 Å². The number of fused-ring (bicyclic) bond motifs is 2. The van der Waals surface area contributed by atoms with Gasteiger partial charge in [-0.25, -0.2) is 9.78 Å². The molecule has 10 nitrogen and oxygen atoms in total. The van der Waals surface area contributed by atoms with Gasteiger partial charge in [-0.15, -0.1) is 0 Å². The fourth-order valence-electron chi connectivity index (χ4n) is 4.11. The average Bonchev–Trinajstić information content (AvgIpc) is 3.37. The summed E-state index contributed by atoms with van der Waals surface area (Å²) >= 11 is 7.04. The van der Waals surface area contributed by atoms with Gasteiger partial charge in [-0.3, -0.25) is 24.6 Å². The highest BCUT2D eigenvalue weighted by molar-refractivity contribution is 7.17. The minimum absolute atomic E-state index is 0.0501. The number of nitrogens with zero attached hydrogens (tertiary/aromatic N) is 3. The molecule has 0 aliphatic carbocycles. The van der Waals surface area contributed by atoms with E-state index < -0.39 is 28.3 Å². The molecule has 1 aliphatic rings. The number of nitro groups is 1. The van der Waals surface area contributed by atoms with Gasteiger partial charge in [0.1, 0.15) is 10.5 Å². The Kier molecular flexibility index (Phi) is 5.81. The second-order valence-corrected chi connectivity index (χ2v) is 9.29. The summed E-state index contributed by atoms with van der Waals surface area (Å²) in [5.74, 6) is -1.39. The number of halogens is 1. The van der Waals surface area contributed by atoms with Crippen molar-refractivity contribution in [2.45, 2.75) is 19.9 Å². The summed E-state index contributed by atoms with van der Waals surface area (Å²) in [6.45, 7) is 3.45. The van der Waals surface area contributed by atoms with Crippen molar-refractivity contribution in [3.05, 3.63) is 95.3 Å². The number of nitro benzene ring substituents is 1. The topological polar surface area (TPSA) is 133 Å². The highest BCUT2D eigenvalue weighted by Crippen LogP contribution is 2.43. The van der Waals surface area contributed by atoms with E-state index in [1.807, 2.05) is 0 Å². The molecule has 2 aromatic carbocycles.